The molecular weight excluding hydrogens is 514 g/mol. The van der Waals surface area contributed by atoms with Gasteiger partial charge in [0.05, 0.1) is 16.3 Å². The van der Waals surface area contributed by atoms with Crippen molar-refractivity contribution in [3.05, 3.63) is 69.1 Å². The van der Waals surface area contributed by atoms with E-state index < -0.39 is 30.6 Å². The van der Waals surface area contributed by atoms with Crippen LogP contribution in [0.25, 0.3) is 5.82 Å². The average molecular weight is 530 g/mol. The molecule has 1 aromatic carbocycles. The summed E-state index contributed by atoms with van der Waals surface area (Å²) in [7, 11) is 1.40. The van der Waals surface area contributed by atoms with Gasteiger partial charge in [0.1, 0.15) is 18.0 Å². The van der Waals surface area contributed by atoms with E-state index in [1.165, 1.54) is 37.5 Å². The van der Waals surface area contributed by atoms with E-state index >= 15 is 0 Å². The third-order valence-electron chi connectivity index (χ3n) is 4.53. The lowest BCUT2D eigenvalue weighted by molar-refractivity contribution is -0.201. The summed E-state index contributed by atoms with van der Waals surface area (Å²) in [6.45, 7) is 0.738. The summed E-state index contributed by atoms with van der Waals surface area (Å²) in [6.07, 6.45) is -3.84. The molecule has 0 unspecified atom stereocenters. The fraction of sp³-hybridized carbons (Fsp3) is 0.190. The number of anilines is 1. The lowest BCUT2D eigenvalue weighted by atomic mass is 10.1. The summed E-state index contributed by atoms with van der Waals surface area (Å²) in [5.41, 5.74) is 0.288. The molecule has 0 aliphatic heterocycles. The number of hydrogen-bond acceptors (Lipinski definition) is 6. The fourth-order valence-electron chi connectivity index (χ4n) is 2.98. The van der Waals surface area contributed by atoms with Gasteiger partial charge >= 0.3 is 12.1 Å². The van der Waals surface area contributed by atoms with E-state index in [0.717, 1.165) is 10.7 Å². The number of benzene rings is 1. The minimum absolute atomic E-state index is 0.00735. The van der Waals surface area contributed by atoms with Gasteiger partial charge in [-0.3, -0.25) is 9.59 Å². The van der Waals surface area contributed by atoms with Gasteiger partial charge in [0.2, 0.25) is 0 Å². The molecule has 0 atom stereocenters. The number of pyridine rings is 1. The lowest BCUT2D eigenvalue weighted by Crippen LogP contribution is -2.25. The Morgan fingerprint density at radius 2 is 1.86 bits per heavy atom. The first-order chi connectivity index (χ1) is 16.4. The van der Waals surface area contributed by atoms with Crippen molar-refractivity contribution in [1.82, 2.24) is 20.1 Å². The van der Waals surface area contributed by atoms with Crippen LogP contribution in [-0.2, 0) is 16.1 Å². The Bertz CT molecular complexity index is 1310. The van der Waals surface area contributed by atoms with E-state index in [1.54, 1.807) is 6.92 Å². The number of alkyl halides is 3. The highest BCUT2D eigenvalue weighted by molar-refractivity contribution is 6.32. The molecule has 2 aromatic heterocycles. The molecule has 184 valence electrons. The van der Waals surface area contributed by atoms with E-state index in [4.69, 9.17) is 23.2 Å². The second-order valence-electron chi connectivity index (χ2n) is 6.99. The van der Waals surface area contributed by atoms with Crippen molar-refractivity contribution in [2.75, 3.05) is 12.4 Å². The van der Waals surface area contributed by atoms with E-state index in [1.807, 2.05) is 0 Å². The summed E-state index contributed by atoms with van der Waals surface area (Å²) in [5, 5.41) is 9.41. The predicted molar refractivity (Wildman–Crippen MR) is 120 cm³/mol. The maximum Gasteiger partial charge on any atom is 0.490 e. The molecule has 0 bridgehead atoms. The Kier molecular flexibility index (Phi) is 7.66. The monoisotopic (exact) mass is 529 g/mol. The number of esters is 1. The molecule has 0 saturated heterocycles. The van der Waals surface area contributed by atoms with Gasteiger partial charge in [0.15, 0.2) is 5.82 Å². The van der Waals surface area contributed by atoms with Gasteiger partial charge in [0.25, 0.3) is 11.8 Å². The van der Waals surface area contributed by atoms with Gasteiger partial charge in [-0.2, -0.15) is 18.3 Å². The number of halogens is 5. The van der Waals surface area contributed by atoms with Crippen molar-refractivity contribution in [1.29, 1.82) is 0 Å². The number of ether oxygens (including phenoxy) is 1. The highest BCUT2D eigenvalue weighted by Gasteiger charge is 2.41. The quantitative estimate of drug-likeness (QED) is 0.464. The normalized spacial score (nSPS) is 11.2. The van der Waals surface area contributed by atoms with E-state index in [9.17, 15) is 27.6 Å². The molecule has 0 saturated carbocycles. The number of rotatable bonds is 6. The molecule has 3 aromatic rings. The molecule has 0 spiro atoms. The molecule has 2 heterocycles. The van der Waals surface area contributed by atoms with Crippen LogP contribution in [0.5, 0.6) is 0 Å². The van der Waals surface area contributed by atoms with Crippen LogP contribution in [0.4, 0.5) is 18.9 Å². The first kappa shape index (κ1) is 26.0. The summed E-state index contributed by atoms with van der Waals surface area (Å²) in [4.78, 5) is 40.7. The zero-order valence-corrected chi connectivity index (χ0v) is 19.5. The molecule has 3 rings (SSSR count). The van der Waals surface area contributed by atoms with Crippen LogP contribution in [0.2, 0.25) is 10.0 Å². The molecule has 2 N–H and O–H groups in total. The summed E-state index contributed by atoms with van der Waals surface area (Å²) >= 11 is 12.2. The fourth-order valence-corrected chi connectivity index (χ4v) is 3.45. The van der Waals surface area contributed by atoms with Gasteiger partial charge in [-0.25, -0.2) is 14.5 Å². The Labute approximate surface area is 206 Å². The number of aromatic nitrogens is 3. The second-order valence-corrected chi connectivity index (χ2v) is 7.84. The van der Waals surface area contributed by atoms with Crippen molar-refractivity contribution in [2.45, 2.75) is 19.7 Å². The highest BCUT2D eigenvalue weighted by Crippen LogP contribution is 2.27. The number of carbonyl (C=O) groups is 3. The third-order valence-corrected chi connectivity index (χ3v) is 5.04. The Balaban J connectivity index is 2.03. The Hall–Kier alpha value is -3.64. The zero-order chi connectivity index (χ0) is 25.9. The van der Waals surface area contributed by atoms with Gasteiger partial charge in [-0.1, -0.05) is 23.2 Å². The molecule has 2 amide bonds. The smallest absolute Gasteiger partial charge is 0.452 e. The molecule has 0 aliphatic rings. The van der Waals surface area contributed by atoms with Crippen molar-refractivity contribution in [3.63, 3.8) is 0 Å². The average Bonchev–Trinajstić information content (AvgIpc) is 3.22. The number of amides is 2. The van der Waals surface area contributed by atoms with Crippen LogP contribution in [-0.4, -0.2) is 45.8 Å². The largest absolute Gasteiger partial charge is 0.490 e. The number of hydrogen-bond donors (Lipinski definition) is 2. The van der Waals surface area contributed by atoms with Crippen molar-refractivity contribution < 1.29 is 32.3 Å². The molecule has 14 heteroatoms. The SMILES string of the molecule is CNC(=O)c1cc(Cl)cc(C)c1NC(=O)c1cc(COC(=O)C(F)(F)F)nn1-c1ncccc1Cl. The molecular formula is C21H16Cl2F3N5O4. The molecule has 0 aliphatic carbocycles. The number of nitrogens with zero attached hydrogens (tertiary/aromatic N) is 3. The van der Waals surface area contributed by atoms with Crippen LogP contribution < -0.4 is 10.6 Å². The maximum absolute atomic E-state index is 13.2. The van der Waals surface area contributed by atoms with Crippen LogP contribution in [0.1, 0.15) is 32.1 Å². The lowest BCUT2D eigenvalue weighted by Gasteiger charge is -2.14. The summed E-state index contributed by atoms with van der Waals surface area (Å²) in [5.74, 6) is -3.75. The van der Waals surface area contributed by atoms with Crippen LogP contribution in [0.15, 0.2) is 36.5 Å². The molecule has 35 heavy (non-hydrogen) atoms. The number of aryl methyl sites for hydroxylation is 1. The van der Waals surface area contributed by atoms with E-state index in [-0.39, 0.29) is 38.5 Å². The summed E-state index contributed by atoms with van der Waals surface area (Å²) < 4.78 is 42.7. The van der Waals surface area contributed by atoms with E-state index in [0.29, 0.717) is 5.56 Å². The minimum atomic E-state index is -5.20. The first-order valence-corrected chi connectivity index (χ1v) is 10.4. The minimum Gasteiger partial charge on any atom is -0.452 e. The predicted octanol–water partition coefficient (Wildman–Crippen LogP) is 4.10. The Morgan fingerprint density at radius 1 is 1.14 bits per heavy atom. The Morgan fingerprint density at radius 3 is 2.49 bits per heavy atom. The van der Waals surface area contributed by atoms with Gasteiger partial charge in [-0.15, -0.1) is 0 Å². The molecule has 9 nitrogen and oxygen atoms in total. The van der Waals surface area contributed by atoms with Crippen LogP contribution in [0, 0.1) is 6.92 Å². The number of nitrogens with one attached hydrogen (secondary N) is 2. The zero-order valence-electron chi connectivity index (χ0n) is 18.0. The molecule has 0 radical (unpaired) electrons. The second kappa shape index (κ2) is 10.3. The highest BCUT2D eigenvalue weighted by atomic mass is 35.5. The third kappa shape index (κ3) is 5.89. The van der Waals surface area contributed by atoms with Crippen molar-refractivity contribution >= 4 is 46.7 Å². The van der Waals surface area contributed by atoms with Crippen LogP contribution >= 0.6 is 23.2 Å². The van der Waals surface area contributed by atoms with Gasteiger partial charge < -0.3 is 15.4 Å². The number of carbonyl (C=O) groups excluding carboxylic acids is 3. The van der Waals surface area contributed by atoms with Gasteiger partial charge in [-0.05, 0) is 42.8 Å². The van der Waals surface area contributed by atoms with Crippen LogP contribution in [0.3, 0.4) is 0 Å². The first-order valence-electron chi connectivity index (χ1n) is 9.69. The maximum atomic E-state index is 13.2. The molecule has 0 fully saturated rings. The van der Waals surface area contributed by atoms with Crippen molar-refractivity contribution in [2.24, 2.45) is 0 Å². The topological polar surface area (TPSA) is 115 Å². The standard InChI is InChI=1S/C21H16Cl2F3N5O4/c1-10-6-11(22)7-13(18(32)27-2)16(10)29-19(33)15-8-12(9-35-20(34)21(24,25)26)30-31(15)17-14(23)4-3-5-28-17/h3-8H,9H2,1-2H3,(H,27,32)(H,29,33). The van der Waals surface area contributed by atoms with E-state index in [2.05, 4.69) is 25.5 Å². The van der Waals surface area contributed by atoms with Gasteiger partial charge in [0, 0.05) is 18.3 Å². The van der Waals surface area contributed by atoms with Crippen molar-refractivity contribution in [3.8, 4) is 5.82 Å². The summed E-state index contributed by atoms with van der Waals surface area (Å²) in [6, 6.07) is 6.97.